The first-order valence-corrected chi connectivity index (χ1v) is 9.09. The van der Waals surface area contributed by atoms with Crippen LogP contribution in [-0.4, -0.2) is 17.7 Å². The van der Waals surface area contributed by atoms with E-state index in [1.165, 1.54) is 12.8 Å². The average Bonchev–Trinajstić information content (AvgIpc) is 2.80. The highest BCUT2D eigenvalue weighted by molar-refractivity contribution is 7.12. The summed E-state index contributed by atoms with van der Waals surface area (Å²) in [6, 6.07) is 2.21. The van der Waals surface area contributed by atoms with Crippen LogP contribution < -0.4 is 5.32 Å². The minimum Gasteiger partial charge on any atom is -0.353 e. The normalized spacial score (nSPS) is 25.0. The van der Waals surface area contributed by atoms with E-state index in [1.54, 1.807) is 11.3 Å². The molecule has 0 aliphatic heterocycles. The van der Waals surface area contributed by atoms with Crippen LogP contribution in [0.2, 0.25) is 0 Å². The molecule has 0 radical (unpaired) electrons. The van der Waals surface area contributed by atoms with Gasteiger partial charge in [-0.15, -0.1) is 11.3 Å². The number of thiophene rings is 1. The molecule has 3 atom stereocenters. The molecule has 1 saturated carbocycles. The Labute approximate surface area is 137 Å². The minimum absolute atomic E-state index is 0.0175. The largest absolute Gasteiger partial charge is 0.353 e. The molecule has 1 amide bonds. The summed E-state index contributed by atoms with van der Waals surface area (Å²) in [6.45, 7) is 8.45. The van der Waals surface area contributed by atoms with Crippen molar-refractivity contribution >= 4 is 23.0 Å². The van der Waals surface area contributed by atoms with Crippen LogP contribution >= 0.6 is 11.3 Å². The van der Waals surface area contributed by atoms with E-state index in [1.807, 2.05) is 19.9 Å². The number of carbonyl (C=O) groups is 2. The number of ketones is 1. The van der Waals surface area contributed by atoms with Gasteiger partial charge in [-0.25, -0.2) is 0 Å². The van der Waals surface area contributed by atoms with E-state index in [0.717, 1.165) is 21.7 Å². The summed E-state index contributed by atoms with van der Waals surface area (Å²) in [5.74, 6) is 1.29. The second-order valence-corrected chi connectivity index (χ2v) is 8.15. The predicted molar refractivity (Wildman–Crippen MR) is 91.5 cm³/mol. The first-order chi connectivity index (χ1) is 10.4. The van der Waals surface area contributed by atoms with Crippen molar-refractivity contribution in [3.05, 3.63) is 21.4 Å². The van der Waals surface area contributed by atoms with Gasteiger partial charge in [0, 0.05) is 34.2 Å². The summed E-state index contributed by atoms with van der Waals surface area (Å²) >= 11 is 1.64. The third-order valence-electron chi connectivity index (χ3n) is 4.97. The zero-order chi connectivity index (χ0) is 16.3. The number of rotatable bonds is 5. The summed E-state index contributed by atoms with van der Waals surface area (Å²) in [7, 11) is 0. The highest BCUT2D eigenvalue weighted by Crippen LogP contribution is 2.29. The Morgan fingerprint density at radius 1 is 1.23 bits per heavy atom. The Bertz CT molecular complexity index is 549. The number of aryl methyl sites for hydroxylation is 2. The van der Waals surface area contributed by atoms with Gasteiger partial charge in [-0.05, 0) is 38.2 Å². The molecular weight excluding hydrogens is 294 g/mol. The molecule has 1 aromatic heterocycles. The molecule has 1 fully saturated rings. The summed E-state index contributed by atoms with van der Waals surface area (Å²) in [5.41, 5.74) is 0.787. The number of Topliss-reactive ketones (excluding diaryl/α,β-unsaturated/α-hetero) is 1. The third kappa shape index (κ3) is 4.19. The monoisotopic (exact) mass is 321 g/mol. The lowest BCUT2D eigenvalue weighted by atomic mass is 9.78. The molecule has 0 bridgehead atoms. The fourth-order valence-electron chi connectivity index (χ4n) is 3.33. The van der Waals surface area contributed by atoms with Gasteiger partial charge in [0.2, 0.25) is 5.91 Å². The van der Waals surface area contributed by atoms with Crippen molar-refractivity contribution in [2.75, 3.05) is 0 Å². The molecule has 122 valence electrons. The van der Waals surface area contributed by atoms with Crippen molar-refractivity contribution in [3.63, 3.8) is 0 Å². The van der Waals surface area contributed by atoms with Gasteiger partial charge in [0.05, 0.1) is 0 Å². The highest BCUT2D eigenvalue weighted by atomic mass is 32.1. The van der Waals surface area contributed by atoms with E-state index in [9.17, 15) is 9.59 Å². The van der Waals surface area contributed by atoms with E-state index >= 15 is 0 Å². The van der Waals surface area contributed by atoms with Crippen molar-refractivity contribution in [2.45, 2.75) is 65.8 Å². The van der Waals surface area contributed by atoms with Crippen LogP contribution in [0, 0.1) is 25.7 Å². The van der Waals surface area contributed by atoms with Crippen LogP contribution in [-0.2, 0) is 4.79 Å². The third-order valence-corrected chi connectivity index (χ3v) is 5.94. The van der Waals surface area contributed by atoms with E-state index in [0.29, 0.717) is 24.7 Å². The minimum atomic E-state index is 0.0175. The van der Waals surface area contributed by atoms with Gasteiger partial charge in [0.15, 0.2) is 5.78 Å². The Balaban J connectivity index is 1.82. The molecule has 0 spiro atoms. The van der Waals surface area contributed by atoms with Gasteiger partial charge in [0.25, 0.3) is 0 Å². The van der Waals surface area contributed by atoms with Crippen molar-refractivity contribution in [1.29, 1.82) is 0 Å². The maximum atomic E-state index is 12.2. The van der Waals surface area contributed by atoms with Gasteiger partial charge in [-0.2, -0.15) is 0 Å². The van der Waals surface area contributed by atoms with Crippen LogP contribution in [0.4, 0.5) is 0 Å². The Kier molecular flexibility index (Phi) is 5.79. The topological polar surface area (TPSA) is 46.2 Å². The Hall–Kier alpha value is -1.16. The Morgan fingerprint density at radius 3 is 2.59 bits per heavy atom. The number of carbonyl (C=O) groups excluding carboxylic acids is 2. The van der Waals surface area contributed by atoms with Crippen molar-refractivity contribution in [2.24, 2.45) is 11.8 Å². The number of hydrogen-bond acceptors (Lipinski definition) is 3. The fraction of sp³-hybridized carbons (Fsp3) is 0.667. The Morgan fingerprint density at radius 2 is 1.95 bits per heavy atom. The summed E-state index contributed by atoms with van der Waals surface area (Å²) in [6.07, 6.45) is 4.10. The van der Waals surface area contributed by atoms with Gasteiger partial charge >= 0.3 is 0 Å². The molecular formula is C18H27NO2S. The lowest BCUT2D eigenvalue weighted by Crippen LogP contribution is -2.43. The lowest BCUT2D eigenvalue weighted by molar-refractivity contribution is -0.122. The number of hydrogen-bond donors (Lipinski definition) is 1. The standard InChI is InChI=1S/C18H27NO2S/c1-11-6-5-7-16(13(11)3)19-18(21)9-8-17(20)15-10-12(2)22-14(15)4/h10-11,13,16H,5-9H2,1-4H3,(H,19,21). The van der Waals surface area contributed by atoms with Crippen LogP contribution in [0.25, 0.3) is 0 Å². The van der Waals surface area contributed by atoms with Crippen LogP contribution in [0.5, 0.6) is 0 Å². The van der Waals surface area contributed by atoms with Crippen LogP contribution in [0.1, 0.15) is 66.1 Å². The van der Waals surface area contributed by atoms with Gasteiger partial charge in [0.1, 0.15) is 0 Å². The molecule has 1 aliphatic rings. The highest BCUT2D eigenvalue weighted by Gasteiger charge is 2.28. The van der Waals surface area contributed by atoms with Gasteiger partial charge in [-0.1, -0.05) is 26.7 Å². The number of nitrogens with one attached hydrogen (secondary N) is 1. The molecule has 1 aromatic rings. The van der Waals surface area contributed by atoms with Gasteiger partial charge in [-0.3, -0.25) is 9.59 Å². The van der Waals surface area contributed by atoms with E-state index in [2.05, 4.69) is 19.2 Å². The molecule has 1 aliphatic carbocycles. The predicted octanol–water partition coefficient (Wildman–Crippen LogP) is 4.27. The maximum absolute atomic E-state index is 12.2. The molecule has 1 N–H and O–H groups in total. The quantitative estimate of drug-likeness (QED) is 0.823. The summed E-state index contributed by atoms with van der Waals surface area (Å²) in [4.78, 5) is 26.5. The van der Waals surface area contributed by atoms with Crippen LogP contribution in [0.3, 0.4) is 0 Å². The van der Waals surface area contributed by atoms with Crippen molar-refractivity contribution in [1.82, 2.24) is 5.32 Å². The second-order valence-electron chi connectivity index (χ2n) is 6.69. The first kappa shape index (κ1) is 17.2. The first-order valence-electron chi connectivity index (χ1n) is 8.28. The molecule has 22 heavy (non-hydrogen) atoms. The van der Waals surface area contributed by atoms with Gasteiger partial charge < -0.3 is 5.32 Å². The van der Waals surface area contributed by atoms with Crippen molar-refractivity contribution in [3.8, 4) is 0 Å². The molecule has 0 aromatic carbocycles. The fourth-order valence-corrected chi connectivity index (χ4v) is 4.28. The molecule has 0 saturated heterocycles. The molecule has 2 rings (SSSR count). The molecule has 1 heterocycles. The maximum Gasteiger partial charge on any atom is 0.220 e. The molecule has 4 heteroatoms. The van der Waals surface area contributed by atoms with E-state index < -0.39 is 0 Å². The number of amides is 1. The van der Waals surface area contributed by atoms with E-state index in [-0.39, 0.29) is 17.7 Å². The molecule has 3 unspecified atom stereocenters. The lowest BCUT2D eigenvalue weighted by Gasteiger charge is -2.34. The zero-order valence-corrected chi connectivity index (χ0v) is 14.9. The SMILES string of the molecule is Cc1cc(C(=O)CCC(=O)NC2CCCC(C)C2C)c(C)s1. The molecule has 3 nitrogen and oxygen atoms in total. The van der Waals surface area contributed by atoms with Crippen molar-refractivity contribution < 1.29 is 9.59 Å². The summed E-state index contributed by atoms with van der Waals surface area (Å²) in [5, 5.41) is 3.14. The zero-order valence-electron chi connectivity index (χ0n) is 14.1. The average molecular weight is 321 g/mol. The summed E-state index contributed by atoms with van der Waals surface area (Å²) < 4.78 is 0. The smallest absolute Gasteiger partial charge is 0.220 e. The second kappa shape index (κ2) is 7.40. The van der Waals surface area contributed by atoms with E-state index in [4.69, 9.17) is 0 Å². The van der Waals surface area contributed by atoms with Crippen LogP contribution in [0.15, 0.2) is 6.07 Å².